The molecule has 0 saturated heterocycles. The van der Waals surface area contributed by atoms with E-state index in [1.165, 1.54) is 0 Å². The number of rotatable bonds is 8. The monoisotopic (exact) mass is 456 g/mol. The molecule has 150 valence electrons. The van der Waals surface area contributed by atoms with Crippen molar-refractivity contribution in [2.45, 2.75) is 12.8 Å². The van der Waals surface area contributed by atoms with Crippen LogP contribution in [0.3, 0.4) is 0 Å². The topological polar surface area (TPSA) is 80.6 Å². The zero-order chi connectivity index (χ0) is 20.6. The van der Waals surface area contributed by atoms with E-state index in [4.69, 9.17) is 9.15 Å². The Morgan fingerprint density at radius 2 is 1.79 bits per heavy atom. The highest BCUT2D eigenvalue weighted by atomic mass is 79.9. The van der Waals surface area contributed by atoms with Gasteiger partial charge in [0.05, 0.1) is 13.5 Å². The van der Waals surface area contributed by atoms with Crippen LogP contribution in [0.1, 0.15) is 21.7 Å². The van der Waals surface area contributed by atoms with Gasteiger partial charge in [-0.05, 0) is 63.8 Å². The molecule has 3 aromatic rings. The van der Waals surface area contributed by atoms with Crippen molar-refractivity contribution in [1.82, 2.24) is 5.32 Å². The molecule has 29 heavy (non-hydrogen) atoms. The summed E-state index contributed by atoms with van der Waals surface area (Å²) in [6.07, 6.45) is 0.967. The molecule has 0 aliphatic rings. The van der Waals surface area contributed by atoms with Gasteiger partial charge in [0.15, 0.2) is 10.4 Å². The summed E-state index contributed by atoms with van der Waals surface area (Å²) in [5, 5.41) is 5.67. The van der Waals surface area contributed by atoms with Crippen molar-refractivity contribution in [3.05, 3.63) is 82.2 Å². The van der Waals surface area contributed by atoms with Gasteiger partial charge in [-0.3, -0.25) is 9.59 Å². The Labute approximate surface area is 177 Å². The maximum absolute atomic E-state index is 12.2. The minimum atomic E-state index is -0.336. The second-order valence-electron chi connectivity index (χ2n) is 6.34. The van der Waals surface area contributed by atoms with E-state index in [0.29, 0.717) is 23.3 Å². The van der Waals surface area contributed by atoms with Crippen LogP contribution >= 0.6 is 15.9 Å². The third-order valence-electron chi connectivity index (χ3n) is 4.28. The molecule has 1 aromatic heterocycles. The average molecular weight is 457 g/mol. The third-order valence-corrected chi connectivity index (χ3v) is 4.71. The summed E-state index contributed by atoms with van der Waals surface area (Å²) in [6.45, 7) is 0.534. The van der Waals surface area contributed by atoms with E-state index in [1.807, 2.05) is 36.4 Å². The number of halogens is 1. The number of hydrogen-bond acceptors (Lipinski definition) is 4. The molecule has 0 bridgehead atoms. The van der Waals surface area contributed by atoms with Crippen molar-refractivity contribution in [2.75, 3.05) is 19.0 Å². The molecule has 0 atom stereocenters. The molecule has 0 unspecified atom stereocenters. The molecule has 0 radical (unpaired) electrons. The molecule has 3 rings (SSSR count). The molecule has 0 aliphatic heterocycles. The molecular formula is C22H21BrN2O4. The maximum atomic E-state index is 12.2. The van der Waals surface area contributed by atoms with E-state index < -0.39 is 0 Å². The molecule has 2 amide bonds. The number of ether oxygens (including phenoxy) is 1. The van der Waals surface area contributed by atoms with Crippen LogP contribution in [0.4, 0.5) is 5.69 Å². The van der Waals surface area contributed by atoms with Crippen LogP contribution in [0.15, 0.2) is 69.8 Å². The first-order valence-electron chi connectivity index (χ1n) is 9.09. The van der Waals surface area contributed by atoms with Crippen molar-refractivity contribution in [1.29, 1.82) is 0 Å². The Morgan fingerprint density at radius 1 is 1.03 bits per heavy atom. The van der Waals surface area contributed by atoms with Crippen LogP contribution < -0.4 is 15.4 Å². The van der Waals surface area contributed by atoms with Gasteiger partial charge in [0.2, 0.25) is 5.91 Å². The highest BCUT2D eigenvalue weighted by Crippen LogP contribution is 2.18. The van der Waals surface area contributed by atoms with Crippen LogP contribution in [-0.4, -0.2) is 25.5 Å². The van der Waals surface area contributed by atoms with Gasteiger partial charge >= 0.3 is 0 Å². The van der Waals surface area contributed by atoms with Gasteiger partial charge in [0, 0.05) is 12.2 Å². The number of carbonyl (C=O) groups is 2. The number of methoxy groups -OCH3 is 1. The lowest BCUT2D eigenvalue weighted by Crippen LogP contribution is -2.27. The molecule has 2 aromatic carbocycles. The molecule has 6 nitrogen and oxygen atoms in total. The first kappa shape index (κ1) is 20.7. The fraction of sp³-hybridized carbons (Fsp3) is 0.182. The van der Waals surface area contributed by atoms with Crippen LogP contribution in [0.5, 0.6) is 5.75 Å². The lowest BCUT2D eigenvalue weighted by atomic mass is 10.1. The summed E-state index contributed by atoms with van der Waals surface area (Å²) in [7, 11) is 1.64. The first-order chi connectivity index (χ1) is 14.0. The Hall–Kier alpha value is -3.06. The van der Waals surface area contributed by atoms with Crippen LogP contribution in [0, 0.1) is 0 Å². The van der Waals surface area contributed by atoms with E-state index in [1.54, 1.807) is 31.4 Å². The van der Waals surface area contributed by atoms with E-state index in [-0.39, 0.29) is 24.0 Å². The molecule has 0 spiro atoms. The second kappa shape index (κ2) is 9.93. The van der Waals surface area contributed by atoms with Crippen molar-refractivity contribution in [3.8, 4) is 5.75 Å². The number of amides is 2. The lowest BCUT2D eigenvalue weighted by molar-refractivity contribution is -0.120. The number of benzene rings is 2. The zero-order valence-electron chi connectivity index (χ0n) is 15.9. The summed E-state index contributed by atoms with van der Waals surface area (Å²) < 4.78 is 11.0. The van der Waals surface area contributed by atoms with Crippen molar-refractivity contribution < 1.29 is 18.7 Å². The maximum Gasteiger partial charge on any atom is 0.291 e. The minimum absolute atomic E-state index is 0.0582. The number of furan rings is 1. The Kier molecular flexibility index (Phi) is 7.08. The highest BCUT2D eigenvalue weighted by Gasteiger charge is 2.11. The predicted molar refractivity (Wildman–Crippen MR) is 114 cm³/mol. The number of anilines is 1. The number of para-hydroxylation sites is 1. The lowest BCUT2D eigenvalue weighted by Gasteiger charge is -2.09. The molecule has 0 fully saturated rings. The quantitative estimate of drug-likeness (QED) is 0.531. The molecular weight excluding hydrogens is 436 g/mol. The fourth-order valence-corrected chi connectivity index (χ4v) is 3.14. The minimum Gasteiger partial charge on any atom is -0.496 e. The number of carbonyl (C=O) groups excluding carboxylic acids is 2. The summed E-state index contributed by atoms with van der Waals surface area (Å²) in [4.78, 5) is 24.3. The Bertz CT molecular complexity index is 982. The zero-order valence-corrected chi connectivity index (χ0v) is 17.5. The van der Waals surface area contributed by atoms with Gasteiger partial charge in [-0.25, -0.2) is 0 Å². The van der Waals surface area contributed by atoms with Crippen molar-refractivity contribution in [2.24, 2.45) is 0 Å². The van der Waals surface area contributed by atoms with Gasteiger partial charge < -0.3 is 19.8 Å². The first-order valence-corrected chi connectivity index (χ1v) is 9.88. The van der Waals surface area contributed by atoms with Crippen molar-refractivity contribution >= 4 is 33.4 Å². The van der Waals surface area contributed by atoms with Crippen LogP contribution in [0.25, 0.3) is 0 Å². The smallest absolute Gasteiger partial charge is 0.291 e. The van der Waals surface area contributed by atoms with E-state index >= 15 is 0 Å². The molecule has 1 heterocycles. The number of hydrogen-bond donors (Lipinski definition) is 2. The second-order valence-corrected chi connectivity index (χ2v) is 7.12. The summed E-state index contributed by atoms with van der Waals surface area (Å²) in [6, 6.07) is 18.1. The van der Waals surface area contributed by atoms with Crippen LogP contribution in [-0.2, 0) is 17.6 Å². The SMILES string of the molecule is COc1ccccc1CCNC(=O)Cc1ccc(NC(=O)c2ccc(Br)o2)cc1. The molecule has 7 heteroatoms. The third kappa shape index (κ3) is 5.96. The summed E-state index contributed by atoms with van der Waals surface area (Å²) >= 11 is 3.17. The highest BCUT2D eigenvalue weighted by molar-refractivity contribution is 9.10. The van der Waals surface area contributed by atoms with Crippen molar-refractivity contribution in [3.63, 3.8) is 0 Å². The largest absolute Gasteiger partial charge is 0.496 e. The molecule has 0 saturated carbocycles. The van der Waals surface area contributed by atoms with E-state index in [0.717, 1.165) is 16.9 Å². The molecule has 2 N–H and O–H groups in total. The Balaban J connectivity index is 1.46. The van der Waals surface area contributed by atoms with E-state index in [2.05, 4.69) is 26.6 Å². The standard InChI is InChI=1S/C22H21BrN2O4/c1-28-18-5-3-2-4-16(18)12-13-24-21(26)14-15-6-8-17(9-7-15)25-22(27)19-10-11-20(23)29-19/h2-11H,12-14H2,1H3,(H,24,26)(H,25,27). The van der Waals surface area contributed by atoms with Gasteiger partial charge in [0.1, 0.15) is 5.75 Å². The number of nitrogens with one attached hydrogen (secondary N) is 2. The summed E-state index contributed by atoms with van der Waals surface area (Å²) in [5.74, 6) is 0.645. The van der Waals surface area contributed by atoms with Gasteiger partial charge in [0.25, 0.3) is 5.91 Å². The normalized spacial score (nSPS) is 10.4. The Morgan fingerprint density at radius 3 is 2.48 bits per heavy atom. The summed E-state index contributed by atoms with van der Waals surface area (Å²) in [5.41, 5.74) is 2.54. The van der Waals surface area contributed by atoms with E-state index in [9.17, 15) is 9.59 Å². The van der Waals surface area contributed by atoms with Gasteiger partial charge in [-0.15, -0.1) is 0 Å². The average Bonchev–Trinajstić information content (AvgIpc) is 3.16. The van der Waals surface area contributed by atoms with Crippen LogP contribution in [0.2, 0.25) is 0 Å². The van der Waals surface area contributed by atoms with Gasteiger partial charge in [-0.1, -0.05) is 30.3 Å². The molecule has 0 aliphatic carbocycles. The fourth-order valence-electron chi connectivity index (χ4n) is 2.83. The predicted octanol–water partition coefficient (Wildman–Crippen LogP) is 4.20. The van der Waals surface area contributed by atoms with Gasteiger partial charge in [-0.2, -0.15) is 0 Å².